The van der Waals surface area contributed by atoms with E-state index in [0.717, 1.165) is 25.8 Å². The van der Waals surface area contributed by atoms with E-state index in [9.17, 15) is 4.39 Å². The average Bonchev–Trinajstić information content (AvgIpc) is 2.31. The van der Waals surface area contributed by atoms with Crippen LogP contribution in [0.25, 0.3) is 0 Å². The zero-order chi connectivity index (χ0) is 12.3. The Morgan fingerprint density at radius 1 is 1.53 bits per heavy atom. The molecule has 0 radical (unpaired) electrons. The highest BCUT2D eigenvalue weighted by Gasteiger charge is 2.25. The minimum Gasteiger partial charge on any atom is -0.351 e. The lowest BCUT2D eigenvalue weighted by Crippen LogP contribution is -2.41. The third-order valence-corrected chi connectivity index (χ3v) is 3.39. The van der Waals surface area contributed by atoms with Gasteiger partial charge in [-0.1, -0.05) is 11.6 Å². The molecule has 17 heavy (non-hydrogen) atoms. The van der Waals surface area contributed by atoms with E-state index in [2.05, 4.69) is 4.98 Å². The summed E-state index contributed by atoms with van der Waals surface area (Å²) in [7, 11) is 0. The van der Waals surface area contributed by atoms with Crippen LogP contribution in [-0.4, -0.2) is 24.1 Å². The van der Waals surface area contributed by atoms with Crippen molar-refractivity contribution in [1.82, 2.24) is 4.98 Å². The Labute approximate surface area is 106 Å². The number of anilines is 1. The fraction of sp³-hybridized carbons (Fsp3) is 0.583. The average molecular weight is 258 g/mol. The lowest BCUT2D eigenvalue weighted by molar-refractivity contribution is 0.432. The monoisotopic (exact) mass is 257 g/mol. The van der Waals surface area contributed by atoms with E-state index < -0.39 is 0 Å². The van der Waals surface area contributed by atoms with Crippen LogP contribution in [0.5, 0.6) is 0 Å². The molecule has 1 unspecified atom stereocenters. The molecule has 1 aliphatic rings. The van der Waals surface area contributed by atoms with Gasteiger partial charge in [-0.3, -0.25) is 0 Å². The number of piperidine rings is 1. The highest BCUT2D eigenvalue weighted by atomic mass is 35.5. The van der Waals surface area contributed by atoms with Crippen molar-refractivity contribution in [2.75, 3.05) is 18.0 Å². The molecule has 1 fully saturated rings. The maximum atomic E-state index is 13.8. The van der Waals surface area contributed by atoms with Gasteiger partial charge in [0.2, 0.25) is 0 Å². The number of hydrogen-bond acceptors (Lipinski definition) is 3. The number of halogens is 2. The molecule has 5 heteroatoms. The Morgan fingerprint density at radius 3 is 3.06 bits per heavy atom. The second-order valence-electron chi connectivity index (χ2n) is 4.38. The van der Waals surface area contributed by atoms with E-state index in [1.54, 1.807) is 0 Å². The third kappa shape index (κ3) is 2.87. The molecular weight excluding hydrogens is 241 g/mol. The maximum Gasteiger partial charge on any atom is 0.167 e. The van der Waals surface area contributed by atoms with Gasteiger partial charge < -0.3 is 10.6 Å². The maximum absolute atomic E-state index is 13.8. The van der Waals surface area contributed by atoms with Gasteiger partial charge >= 0.3 is 0 Å². The summed E-state index contributed by atoms with van der Waals surface area (Å²) in [4.78, 5) is 6.14. The molecule has 2 N–H and O–H groups in total. The molecule has 2 rings (SSSR count). The van der Waals surface area contributed by atoms with E-state index in [1.807, 2.05) is 4.90 Å². The van der Waals surface area contributed by atoms with E-state index in [4.69, 9.17) is 17.3 Å². The van der Waals surface area contributed by atoms with Gasteiger partial charge in [-0.25, -0.2) is 9.37 Å². The Morgan fingerprint density at radius 2 is 2.35 bits per heavy atom. The first-order valence-electron chi connectivity index (χ1n) is 6.00. The Hall–Kier alpha value is -0.870. The van der Waals surface area contributed by atoms with Crippen LogP contribution in [0.1, 0.15) is 25.7 Å². The van der Waals surface area contributed by atoms with Crippen molar-refractivity contribution in [2.45, 2.75) is 31.7 Å². The molecule has 2 heterocycles. The van der Waals surface area contributed by atoms with Gasteiger partial charge in [0, 0.05) is 18.8 Å². The van der Waals surface area contributed by atoms with Crippen LogP contribution in [0.15, 0.2) is 12.3 Å². The van der Waals surface area contributed by atoms with Crippen LogP contribution < -0.4 is 10.6 Å². The highest BCUT2D eigenvalue weighted by molar-refractivity contribution is 6.30. The minimum absolute atomic E-state index is 0.303. The molecular formula is C12H17ClFN3. The van der Waals surface area contributed by atoms with E-state index in [1.165, 1.54) is 18.7 Å². The van der Waals surface area contributed by atoms with Crippen molar-refractivity contribution in [3.8, 4) is 0 Å². The van der Waals surface area contributed by atoms with Crippen LogP contribution in [0, 0.1) is 5.82 Å². The highest BCUT2D eigenvalue weighted by Crippen LogP contribution is 2.27. The summed E-state index contributed by atoms with van der Waals surface area (Å²) in [6, 6.07) is 1.62. The first kappa shape index (κ1) is 12.6. The normalized spacial score (nSPS) is 20.6. The zero-order valence-electron chi connectivity index (χ0n) is 9.70. The smallest absolute Gasteiger partial charge is 0.167 e. The number of rotatable bonds is 3. The second-order valence-corrected chi connectivity index (χ2v) is 4.82. The minimum atomic E-state index is -0.346. The fourth-order valence-corrected chi connectivity index (χ4v) is 2.54. The van der Waals surface area contributed by atoms with Crippen molar-refractivity contribution in [2.24, 2.45) is 5.73 Å². The van der Waals surface area contributed by atoms with E-state index in [0.29, 0.717) is 23.4 Å². The molecule has 1 aliphatic heterocycles. The van der Waals surface area contributed by atoms with Crippen molar-refractivity contribution in [3.05, 3.63) is 23.1 Å². The van der Waals surface area contributed by atoms with Gasteiger partial charge in [-0.05, 0) is 38.3 Å². The molecule has 1 aromatic rings. The van der Waals surface area contributed by atoms with Gasteiger partial charge in [0.25, 0.3) is 0 Å². The summed E-state index contributed by atoms with van der Waals surface area (Å²) in [6.07, 6.45) is 5.68. The fourth-order valence-electron chi connectivity index (χ4n) is 2.39. The van der Waals surface area contributed by atoms with Crippen molar-refractivity contribution in [3.63, 3.8) is 0 Å². The standard InChI is InChI=1S/C12H17ClFN3/c13-9-7-11(14)12(16-8-9)17-6-2-1-3-10(17)4-5-15/h7-8,10H,1-6,15H2. The predicted molar refractivity (Wildman–Crippen MR) is 67.9 cm³/mol. The van der Waals surface area contributed by atoms with Gasteiger partial charge in [-0.15, -0.1) is 0 Å². The molecule has 0 bridgehead atoms. The van der Waals surface area contributed by atoms with Crippen molar-refractivity contribution >= 4 is 17.4 Å². The molecule has 0 aliphatic carbocycles. The predicted octanol–water partition coefficient (Wildman–Crippen LogP) is 2.58. The number of nitrogens with two attached hydrogens (primary N) is 1. The van der Waals surface area contributed by atoms with Crippen molar-refractivity contribution < 1.29 is 4.39 Å². The van der Waals surface area contributed by atoms with Gasteiger partial charge in [0.05, 0.1) is 5.02 Å². The Bertz CT molecular complexity index is 384. The van der Waals surface area contributed by atoms with Crippen LogP contribution in [0.2, 0.25) is 5.02 Å². The van der Waals surface area contributed by atoms with E-state index >= 15 is 0 Å². The lowest BCUT2D eigenvalue weighted by atomic mass is 9.99. The topological polar surface area (TPSA) is 42.1 Å². The van der Waals surface area contributed by atoms with Crippen LogP contribution in [0.4, 0.5) is 10.2 Å². The molecule has 0 spiro atoms. The summed E-state index contributed by atoms with van der Waals surface area (Å²) in [6.45, 7) is 1.46. The largest absolute Gasteiger partial charge is 0.351 e. The zero-order valence-corrected chi connectivity index (χ0v) is 10.5. The summed E-state index contributed by atoms with van der Waals surface area (Å²) >= 11 is 5.71. The Balaban J connectivity index is 2.23. The summed E-state index contributed by atoms with van der Waals surface area (Å²) in [5.41, 5.74) is 5.60. The first-order valence-corrected chi connectivity index (χ1v) is 6.38. The molecule has 1 saturated heterocycles. The molecule has 0 saturated carbocycles. The molecule has 0 aromatic carbocycles. The number of pyridine rings is 1. The van der Waals surface area contributed by atoms with Crippen LogP contribution in [0.3, 0.4) is 0 Å². The van der Waals surface area contributed by atoms with E-state index in [-0.39, 0.29) is 5.82 Å². The molecule has 0 amide bonds. The Kier molecular flexibility index (Phi) is 4.18. The lowest BCUT2D eigenvalue weighted by Gasteiger charge is -2.36. The number of hydrogen-bond donors (Lipinski definition) is 1. The summed E-state index contributed by atoms with van der Waals surface area (Å²) in [5, 5.41) is 0.332. The van der Waals surface area contributed by atoms with Gasteiger partial charge in [-0.2, -0.15) is 0 Å². The quantitative estimate of drug-likeness (QED) is 0.905. The summed E-state index contributed by atoms with van der Waals surface area (Å²) in [5.74, 6) is 0.0639. The number of nitrogens with zero attached hydrogens (tertiary/aromatic N) is 2. The first-order chi connectivity index (χ1) is 8.22. The second kappa shape index (κ2) is 5.65. The van der Waals surface area contributed by atoms with Crippen LogP contribution >= 0.6 is 11.6 Å². The SMILES string of the molecule is NCCC1CCCCN1c1ncc(Cl)cc1F. The van der Waals surface area contributed by atoms with Crippen LogP contribution in [-0.2, 0) is 0 Å². The van der Waals surface area contributed by atoms with Gasteiger partial charge in [0.1, 0.15) is 0 Å². The number of aromatic nitrogens is 1. The molecule has 1 aromatic heterocycles. The van der Waals surface area contributed by atoms with Crippen molar-refractivity contribution in [1.29, 1.82) is 0 Å². The molecule has 1 atom stereocenters. The van der Waals surface area contributed by atoms with Gasteiger partial charge in [0.15, 0.2) is 11.6 Å². The molecule has 3 nitrogen and oxygen atoms in total. The summed E-state index contributed by atoms with van der Waals surface area (Å²) < 4.78 is 13.8. The molecule has 94 valence electrons. The third-order valence-electron chi connectivity index (χ3n) is 3.19.